The van der Waals surface area contributed by atoms with Crippen LogP contribution < -0.4 is 5.32 Å². The summed E-state index contributed by atoms with van der Waals surface area (Å²) in [7, 11) is -2.25. The molecule has 1 saturated heterocycles. The molecule has 2 aromatic carbocycles. The van der Waals surface area contributed by atoms with E-state index in [0.29, 0.717) is 18.7 Å². The molecule has 6 rings (SSSR count). The highest BCUT2D eigenvalue weighted by Crippen LogP contribution is 2.25. The van der Waals surface area contributed by atoms with Crippen LogP contribution in [-0.4, -0.2) is 82.3 Å². The summed E-state index contributed by atoms with van der Waals surface area (Å²) in [6.45, 7) is 11.9. The number of imidazole rings is 1. The Kier molecular flexibility index (Phi) is 12.5. The van der Waals surface area contributed by atoms with E-state index in [9.17, 15) is 13.2 Å². The van der Waals surface area contributed by atoms with Crippen LogP contribution >= 0.6 is 0 Å². The van der Waals surface area contributed by atoms with Crippen LogP contribution in [0.15, 0.2) is 102 Å². The normalized spacial score (nSPS) is 14.8. The first-order valence-corrected chi connectivity index (χ1v) is 20.2. The third kappa shape index (κ3) is 9.57. The third-order valence-electron chi connectivity index (χ3n) is 10.0. The number of aryl methyl sites for hydroxylation is 2. The van der Waals surface area contributed by atoms with E-state index in [0.717, 1.165) is 58.9 Å². The molecule has 0 bridgehead atoms. The number of aromatic nitrogens is 4. The predicted molar refractivity (Wildman–Crippen MR) is 216 cm³/mol. The largest absolute Gasteiger partial charge is 0.351 e. The molecule has 0 unspecified atom stereocenters. The van der Waals surface area contributed by atoms with Gasteiger partial charge in [-0.15, -0.1) is 0 Å². The lowest BCUT2D eigenvalue weighted by molar-refractivity contribution is -0.116. The van der Waals surface area contributed by atoms with Crippen molar-refractivity contribution in [2.75, 3.05) is 33.2 Å². The Bertz CT molecular complexity index is 2220. The molecule has 0 saturated carbocycles. The standard InChI is InChI=1S/C43H51N7O3S/c1-31(2)27-37(48(5)54(52,53)38-18-13-34(14-19-38)30-50-33(4)46-41-29-44-23-21-42(41)50)28-45-43(51)20-17-36-9-8-10-40(47-36)39(22-26-49-24-6-7-25-49)35-15-11-32(3)12-16-35/h8-23,29,31,37H,6-7,24-28,30H2,1-5H3,(H,45,51)/b20-17?,39-22+/t37-/m0/s1. The first-order chi connectivity index (χ1) is 26.0. The van der Waals surface area contributed by atoms with Crippen molar-refractivity contribution in [2.45, 2.75) is 64.4 Å². The van der Waals surface area contributed by atoms with E-state index < -0.39 is 16.1 Å². The van der Waals surface area contributed by atoms with Crippen LogP contribution in [0.3, 0.4) is 0 Å². The number of carbonyl (C=O) groups excluding carboxylic acids is 1. The lowest BCUT2D eigenvalue weighted by Gasteiger charge is -2.29. The van der Waals surface area contributed by atoms with Crippen molar-refractivity contribution in [3.8, 4) is 0 Å². The third-order valence-corrected chi connectivity index (χ3v) is 11.9. The van der Waals surface area contributed by atoms with E-state index in [-0.39, 0.29) is 23.3 Å². The number of nitrogens with one attached hydrogen (secondary N) is 1. The number of benzene rings is 2. The molecule has 1 atom stereocenters. The van der Waals surface area contributed by atoms with Crippen LogP contribution in [0.5, 0.6) is 0 Å². The van der Waals surface area contributed by atoms with Crippen LogP contribution in [0, 0.1) is 19.8 Å². The van der Waals surface area contributed by atoms with Gasteiger partial charge in [0.25, 0.3) is 0 Å². The van der Waals surface area contributed by atoms with Crippen molar-refractivity contribution >= 4 is 38.6 Å². The summed E-state index contributed by atoms with van der Waals surface area (Å²) in [6.07, 6.45) is 12.0. The van der Waals surface area contributed by atoms with Crippen LogP contribution in [0.2, 0.25) is 0 Å². The molecule has 282 valence electrons. The van der Waals surface area contributed by atoms with Crippen LogP contribution in [0.4, 0.5) is 0 Å². The number of amides is 1. The number of likely N-dealkylation sites (N-methyl/N-ethyl adjacent to an activating group) is 1. The van der Waals surface area contributed by atoms with Gasteiger partial charge in [0, 0.05) is 50.6 Å². The number of rotatable bonds is 15. The zero-order valence-corrected chi connectivity index (χ0v) is 32.8. The molecule has 3 aromatic heterocycles. The molecular weight excluding hydrogens is 695 g/mol. The molecule has 4 heterocycles. The Balaban J connectivity index is 1.11. The van der Waals surface area contributed by atoms with Gasteiger partial charge in [-0.2, -0.15) is 4.31 Å². The Morgan fingerprint density at radius 1 is 0.963 bits per heavy atom. The quantitative estimate of drug-likeness (QED) is 0.116. The molecule has 54 heavy (non-hydrogen) atoms. The number of carbonyl (C=O) groups is 1. The maximum atomic E-state index is 13.9. The summed E-state index contributed by atoms with van der Waals surface area (Å²) in [5.74, 6) is 0.756. The average Bonchev–Trinajstić information content (AvgIpc) is 3.80. The van der Waals surface area contributed by atoms with Gasteiger partial charge in [0.2, 0.25) is 15.9 Å². The van der Waals surface area contributed by atoms with Crippen molar-refractivity contribution < 1.29 is 13.2 Å². The smallest absolute Gasteiger partial charge is 0.244 e. The van der Waals surface area contributed by atoms with E-state index >= 15 is 0 Å². The molecule has 1 aliphatic heterocycles. The fraction of sp³-hybridized carbons (Fsp3) is 0.349. The highest BCUT2D eigenvalue weighted by Gasteiger charge is 2.29. The number of likely N-dealkylation sites (tertiary alicyclic amines) is 1. The van der Waals surface area contributed by atoms with Gasteiger partial charge in [-0.05, 0) is 99.7 Å². The second-order valence-corrected chi connectivity index (χ2v) is 16.6. The van der Waals surface area contributed by atoms with E-state index in [4.69, 9.17) is 4.98 Å². The minimum atomic E-state index is -3.84. The number of nitrogens with zero attached hydrogens (tertiary/aromatic N) is 6. The fourth-order valence-electron chi connectivity index (χ4n) is 6.94. The summed E-state index contributed by atoms with van der Waals surface area (Å²) in [5, 5.41) is 2.95. The Morgan fingerprint density at radius 3 is 2.43 bits per heavy atom. The molecule has 1 N–H and O–H groups in total. The molecule has 0 aliphatic carbocycles. The van der Waals surface area contributed by atoms with Gasteiger partial charge in [0.1, 0.15) is 11.3 Å². The highest BCUT2D eigenvalue weighted by atomic mass is 32.2. The number of hydrogen-bond acceptors (Lipinski definition) is 7. The van der Waals surface area contributed by atoms with Gasteiger partial charge in [0.15, 0.2) is 0 Å². The van der Waals surface area contributed by atoms with E-state index in [1.54, 1.807) is 37.7 Å². The van der Waals surface area contributed by atoms with Crippen molar-refractivity contribution in [2.24, 2.45) is 5.92 Å². The fourth-order valence-corrected chi connectivity index (χ4v) is 8.31. The van der Waals surface area contributed by atoms with Gasteiger partial charge < -0.3 is 9.88 Å². The summed E-state index contributed by atoms with van der Waals surface area (Å²) < 4.78 is 31.2. The molecule has 0 spiro atoms. The van der Waals surface area contributed by atoms with Gasteiger partial charge in [-0.25, -0.2) is 18.4 Å². The van der Waals surface area contributed by atoms with Crippen LogP contribution in [-0.2, 0) is 21.4 Å². The predicted octanol–water partition coefficient (Wildman–Crippen LogP) is 6.88. The molecule has 0 radical (unpaired) electrons. The Hall–Kier alpha value is -4.97. The van der Waals surface area contributed by atoms with Gasteiger partial charge in [0.05, 0.1) is 28.0 Å². The monoisotopic (exact) mass is 745 g/mol. The van der Waals surface area contributed by atoms with E-state index in [1.807, 2.05) is 57.2 Å². The second kappa shape index (κ2) is 17.4. The minimum Gasteiger partial charge on any atom is -0.351 e. The van der Waals surface area contributed by atoms with Crippen LogP contribution in [0.1, 0.15) is 67.0 Å². The Morgan fingerprint density at radius 2 is 1.70 bits per heavy atom. The molecule has 1 amide bonds. The Labute approximate surface area is 319 Å². The second-order valence-electron chi connectivity index (χ2n) is 14.6. The van der Waals surface area contributed by atoms with Gasteiger partial charge in [-0.1, -0.05) is 68.0 Å². The summed E-state index contributed by atoms with van der Waals surface area (Å²) in [5.41, 5.74) is 7.64. The topological polar surface area (TPSA) is 113 Å². The maximum absolute atomic E-state index is 13.9. The van der Waals surface area contributed by atoms with Crippen molar-refractivity contribution in [3.05, 3.63) is 131 Å². The zero-order chi connectivity index (χ0) is 38.2. The van der Waals surface area contributed by atoms with Gasteiger partial charge >= 0.3 is 0 Å². The van der Waals surface area contributed by atoms with Crippen molar-refractivity contribution in [1.82, 2.24) is 34.0 Å². The van der Waals surface area contributed by atoms with Gasteiger partial charge in [-0.3, -0.25) is 14.7 Å². The van der Waals surface area contributed by atoms with Crippen LogP contribution in [0.25, 0.3) is 22.7 Å². The summed E-state index contributed by atoms with van der Waals surface area (Å²) in [6, 6.07) is 22.8. The number of hydrogen-bond donors (Lipinski definition) is 1. The van der Waals surface area contributed by atoms with E-state index in [1.165, 1.54) is 28.8 Å². The highest BCUT2D eigenvalue weighted by molar-refractivity contribution is 7.89. The minimum absolute atomic E-state index is 0.168. The van der Waals surface area contributed by atoms with Crippen molar-refractivity contribution in [1.29, 1.82) is 0 Å². The first kappa shape index (κ1) is 38.7. The first-order valence-electron chi connectivity index (χ1n) is 18.7. The molecule has 5 aromatic rings. The lowest BCUT2D eigenvalue weighted by Crippen LogP contribution is -2.45. The molecule has 11 heteroatoms. The molecule has 1 fully saturated rings. The zero-order valence-electron chi connectivity index (χ0n) is 31.9. The molecule has 10 nitrogen and oxygen atoms in total. The number of pyridine rings is 2. The average molecular weight is 746 g/mol. The van der Waals surface area contributed by atoms with E-state index in [2.05, 4.69) is 62.0 Å². The SMILES string of the molecule is Cc1ccc(/C(=C\CN2CCCC2)c2cccc(C=CC(=O)NC[C@H](CC(C)C)N(C)S(=O)(=O)c3ccc(Cn4c(C)nc5cnccc54)cc3)n2)cc1. The number of fused-ring (bicyclic) bond motifs is 1. The number of sulfonamides is 1. The lowest BCUT2D eigenvalue weighted by atomic mass is 10.00. The summed E-state index contributed by atoms with van der Waals surface area (Å²) >= 11 is 0. The molecular formula is C43H51N7O3S. The molecule has 1 aliphatic rings. The van der Waals surface area contributed by atoms with Crippen molar-refractivity contribution in [3.63, 3.8) is 0 Å². The maximum Gasteiger partial charge on any atom is 0.244 e. The summed E-state index contributed by atoms with van der Waals surface area (Å²) in [4.78, 5) is 29.4.